The maximum absolute atomic E-state index is 10.4. The molecule has 88 valence electrons. The largest absolute Gasteiger partial charge is 0.492 e. The summed E-state index contributed by atoms with van der Waals surface area (Å²) in [5.74, 6) is -0.0904. The lowest BCUT2D eigenvalue weighted by atomic mass is 10.1. The summed E-state index contributed by atoms with van der Waals surface area (Å²) in [4.78, 5) is 10.4. The molecule has 0 saturated carbocycles. The molecule has 0 unspecified atom stereocenters. The van der Waals surface area contributed by atoms with Crippen molar-refractivity contribution in [1.29, 1.82) is 0 Å². The molecule has 0 saturated heterocycles. The van der Waals surface area contributed by atoms with E-state index in [0.717, 1.165) is 22.4 Å². The third kappa shape index (κ3) is 3.24. The van der Waals surface area contributed by atoms with Crippen molar-refractivity contribution in [2.75, 3.05) is 6.61 Å². The minimum absolute atomic E-state index is 0.0114. The van der Waals surface area contributed by atoms with Crippen LogP contribution in [0.15, 0.2) is 12.1 Å². The SMILES string of the molecule is Cc1cc(CN)cc(C)c1OCCC(=O)O. The van der Waals surface area contributed by atoms with Gasteiger partial charge in [0.15, 0.2) is 0 Å². The number of benzene rings is 1. The van der Waals surface area contributed by atoms with E-state index in [-0.39, 0.29) is 13.0 Å². The number of aliphatic carboxylic acids is 1. The summed E-state index contributed by atoms with van der Waals surface area (Å²) in [6.07, 6.45) is 0.0114. The predicted molar refractivity (Wildman–Crippen MR) is 61.6 cm³/mol. The van der Waals surface area contributed by atoms with Crippen LogP contribution in [-0.4, -0.2) is 17.7 Å². The van der Waals surface area contributed by atoms with Crippen LogP contribution in [0, 0.1) is 13.8 Å². The van der Waals surface area contributed by atoms with Gasteiger partial charge in [0.1, 0.15) is 5.75 Å². The van der Waals surface area contributed by atoms with Gasteiger partial charge in [-0.3, -0.25) is 4.79 Å². The van der Waals surface area contributed by atoms with Crippen LogP contribution in [0.1, 0.15) is 23.1 Å². The van der Waals surface area contributed by atoms with Crippen LogP contribution in [0.25, 0.3) is 0 Å². The van der Waals surface area contributed by atoms with Gasteiger partial charge in [-0.2, -0.15) is 0 Å². The molecular weight excluding hydrogens is 206 g/mol. The van der Waals surface area contributed by atoms with E-state index in [4.69, 9.17) is 15.6 Å². The van der Waals surface area contributed by atoms with E-state index >= 15 is 0 Å². The number of carboxylic acid groups (broad SMARTS) is 1. The quantitative estimate of drug-likeness (QED) is 0.795. The molecule has 0 heterocycles. The molecule has 0 aliphatic carbocycles. The van der Waals surface area contributed by atoms with Crippen molar-refractivity contribution < 1.29 is 14.6 Å². The highest BCUT2D eigenvalue weighted by Gasteiger charge is 2.06. The summed E-state index contributed by atoms with van der Waals surface area (Å²) in [5.41, 5.74) is 8.60. The third-order valence-electron chi connectivity index (χ3n) is 2.32. The fourth-order valence-electron chi connectivity index (χ4n) is 1.63. The van der Waals surface area contributed by atoms with E-state index in [2.05, 4.69) is 0 Å². The molecule has 4 nitrogen and oxygen atoms in total. The van der Waals surface area contributed by atoms with Crippen LogP contribution in [-0.2, 0) is 11.3 Å². The van der Waals surface area contributed by atoms with Gasteiger partial charge in [0.2, 0.25) is 0 Å². The molecule has 4 heteroatoms. The van der Waals surface area contributed by atoms with Crippen LogP contribution in [0.5, 0.6) is 5.75 Å². The summed E-state index contributed by atoms with van der Waals surface area (Å²) in [6, 6.07) is 3.92. The lowest BCUT2D eigenvalue weighted by Gasteiger charge is -2.12. The smallest absolute Gasteiger partial charge is 0.306 e. The van der Waals surface area contributed by atoms with Gasteiger partial charge in [-0.1, -0.05) is 12.1 Å². The van der Waals surface area contributed by atoms with Crippen molar-refractivity contribution in [3.8, 4) is 5.75 Å². The first kappa shape index (κ1) is 12.5. The number of ether oxygens (including phenoxy) is 1. The number of hydrogen-bond acceptors (Lipinski definition) is 3. The number of carboxylic acids is 1. The third-order valence-corrected chi connectivity index (χ3v) is 2.32. The number of rotatable bonds is 5. The minimum atomic E-state index is -0.853. The Kier molecular flexibility index (Phi) is 4.31. The maximum atomic E-state index is 10.4. The van der Waals surface area contributed by atoms with Crippen molar-refractivity contribution in [1.82, 2.24) is 0 Å². The summed E-state index contributed by atoms with van der Waals surface area (Å²) < 4.78 is 5.46. The second kappa shape index (κ2) is 5.51. The number of nitrogens with two attached hydrogens (primary N) is 1. The molecule has 0 atom stereocenters. The van der Waals surface area contributed by atoms with E-state index in [1.54, 1.807) is 0 Å². The number of carbonyl (C=O) groups is 1. The van der Waals surface area contributed by atoms with Crippen molar-refractivity contribution in [2.24, 2.45) is 5.73 Å². The Morgan fingerprint density at radius 3 is 2.38 bits per heavy atom. The van der Waals surface area contributed by atoms with Gasteiger partial charge in [-0.25, -0.2) is 0 Å². The van der Waals surface area contributed by atoms with Crippen LogP contribution in [0.2, 0.25) is 0 Å². The zero-order valence-corrected chi connectivity index (χ0v) is 9.62. The molecule has 0 fully saturated rings. The summed E-state index contributed by atoms with van der Waals surface area (Å²) in [5, 5.41) is 8.52. The minimum Gasteiger partial charge on any atom is -0.492 e. The Hall–Kier alpha value is -1.55. The van der Waals surface area contributed by atoms with Gasteiger partial charge >= 0.3 is 5.97 Å². The van der Waals surface area contributed by atoms with Crippen molar-refractivity contribution in [3.63, 3.8) is 0 Å². The summed E-state index contributed by atoms with van der Waals surface area (Å²) in [7, 11) is 0. The highest BCUT2D eigenvalue weighted by molar-refractivity contribution is 5.66. The first-order valence-corrected chi connectivity index (χ1v) is 5.19. The van der Waals surface area contributed by atoms with E-state index in [1.807, 2.05) is 26.0 Å². The topological polar surface area (TPSA) is 72.5 Å². The second-order valence-corrected chi connectivity index (χ2v) is 3.76. The Balaban J connectivity index is 2.76. The van der Waals surface area contributed by atoms with Gasteiger partial charge in [-0.05, 0) is 30.5 Å². The van der Waals surface area contributed by atoms with E-state index in [1.165, 1.54) is 0 Å². The number of aryl methyl sites for hydroxylation is 2. The Morgan fingerprint density at radius 2 is 1.94 bits per heavy atom. The van der Waals surface area contributed by atoms with Gasteiger partial charge < -0.3 is 15.6 Å². The number of hydrogen-bond donors (Lipinski definition) is 2. The molecule has 1 aromatic rings. The molecule has 0 aliphatic rings. The van der Waals surface area contributed by atoms with Gasteiger partial charge in [0, 0.05) is 6.54 Å². The monoisotopic (exact) mass is 223 g/mol. The van der Waals surface area contributed by atoms with Crippen LogP contribution in [0.3, 0.4) is 0 Å². The van der Waals surface area contributed by atoms with Crippen molar-refractivity contribution in [3.05, 3.63) is 28.8 Å². The fraction of sp³-hybridized carbons (Fsp3) is 0.417. The highest BCUT2D eigenvalue weighted by Crippen LogP contribution is 2.24. The molecule has 0 aromatic heterocycles. The van der Waals surface area contributed by atoms with E-state index < -0.39 is 5.97 Å². The first-order chi connectivity index (χ1) is 7.54. The van der Waals surface area contributed by atoms with Gasteiger partial charge in [0.25, 0.3) is 0 Å². The van der Waals surface area contributed by atoms with Crippen LogP contribution < -0.4 is 10.5 Å². The average Bonchev–Trinajstić information content (AvgIpc) is 2.21. The summed E-state index contributed by atoms with van der Waals surface area (Å²) >= 11 is 0. The van der Waals surface area contributed by atoms with Crippen molar-refractivity contribution in [2.45, 2.75) is 26.8 Å². The van der Waals surface area contributed by atoms with Crippen molar-refractivity contribution >= 4 is 5.97 Å². The average molecular weight is 223 g/mol. The molecule has 0 radical (unpaired) electrons. The molecule has 1 aromatic carbocycles. The molecule has 1 rings (SSSR count). The molecular formula is C12H17NO3. The van der Waals surface area contributed by atoms with Gasteiger partial charge in [0.05, 0.1) is 13.0 Å². The Labute approximate surface area is 95.0 Å². The zero-order chi connectivity index (χ0) is 12.1. The van der Waals surface area contributed by atoms with E-state index in [0.29, 0.717) is 6.54 Å². The van der Waals surface area contributed by atoms with Crippen LogP contribution in [0.4, 0.5) is 0 Å². The first-order valence-electron chi connectivity index (χ1n) is 5.19. The standard InChI is InChI=1S/C12H17NO3/c1-8-5-10(7-13)6-9(2)12(8)16-4-3-11(14)15/h5-6H,3-4,7,13H2,1-2H3,(H,14,15). The molecule has 16 heavy (non-hydrogen) atoms. The predicted octanol–water partition coefficient (Wildman–Crippen LogP) is 1.62. The Bertz CT molecular complexity index is 365. The lowest BCUT2D eigenvalue weighted by molar-refractivity contribution is -0.137. The molecule has 0 bridgehead atoms. The van der Waals surface area contributed by atoms with Gasteiger partial charge in [-0.15, -0.1) is 0 Å². The van der Waals surface area contributed by atoms with Crippen LogP contribution >= 0.6 is 0 Å². The molecule has 0 spiro atoms. The molecule has 0 aliphatic heterocycles. The van der Waals surface area contributed by atoms with E-state index in [9.17, 15) is 4.79 Å². The highest BCUT2D eigenvalue weighted by atomic mass is 16.5. The molecule has 3 N–H and O–H groups in total. The molecule has 0 amide bonds. The second-order valence-electron chi connectivity index (χ2n) is 3.76. The lowest BCUT2D eigenvalue weighted by Crippen LogP contribution is -2.07. The fourth-order valence-corrected chi connectivity index (χ4v) is 1.63. The summed E-state index contributed by atoms with van der Waals surface area (Å²) in [6.45, 7) is 4.56. The normalized spacial score (nSPS) is 10.2. The maximum Gasteiger partial charge on any atom is 0.306 e. The zero-order valence-electron chi connectivity index (χ0n) is 9.62. The Morgan fingerprint density at radius 1 is 1.38 bits per heavy atom.